The van der Waals surface area contributed by atoms with Crippen LogP contribution in [0.2, 0.25) is 0 Å². The highest BCUT2D eigenvalue weighted by molar-refractivity contribution is 5.75. The smallest absolute Gasteiger partial charge is 0.246 e. The predicted octanol–water partition coefficient (Wildman–Crippen LogP) is 0.947. The van der Waals surface area contributed by atoms with Crippen LogP contribution in [0.1, 0.15) is 32.1 Å². The monoisotopic (exact) mass is 201 g/mol. The lowest BCUT2D eigenvalue weighted by Crippen LogP contribution is -2.29. The Bertz CT molecular complexity index is 188. The van der Waals surface area contributed by atoms with E-state index in [2.05, 4.69) is 0 Å². The molecule has 14 heavy (non-hydrogen) atoms. The van der Waals surface area contributed by atoms with Crippen LogP contribution in [0.3, 0.4) is 0 Å². The molecule has 0 heterocycles. The van der Waals surface area contributed by atoms with E-state index in [-0.39, 0.29) is 12.0 Å². The molecule has 0 unspecified atom stereocenters. The fraction of sp³-hybridized carbons (Fsp3) is 0.900. The third-order valence-electron chi connectivity index (χ3n) is 2.90. The number of carbonyl (C=O) groups is 1. The minimum Gasteiger partial charge on any atom is -0.393 e. The summed E-state index contributed by atoms with van der Waals surface area (Å²) in [6.45, 7) is 0. The highest BCUT2D eigenvalue weighted by Crippen LogP contribution is 2.27. The third kappa shape index (κ3) is 3.27. The van der Waals surface area contributed by atoms with Gasteiger partial charge in [-0.05, 0) is 31.6 Å². The lowest BCUT2D eigenvalue weighted by Gasteiger charge is -2.26. The molecule has 4 nitrogen and oxygen atoms in total. The molecule has 0 radical (unpaired) electrons. The molecule has 1 aliphatic rings. The molecule has 0 spiro atoms. The van der Waals surface area contributed by atoms with Crippen molar-refractivity contribution in [3.8, 4) is 0 Å². The van der Waals surface area contributed by atoms with Gasteiger partial charge in [0.05, 0.1) is 13.2 Å². The van der Waals surface area contributed by atoms with Crippen molar-refractivity contribution in [1.82, 2.24) is 5.06 Å². The largest absolute Gasteiger partial charge is 0.393 e. The Morgan fingerprint density at radius 1 is 1.43 bits per heavy atom. The molecule has 1 amide bonds. The topological polar surface area (TPSA) is 49.8 Å². The van der Waals surface area contributed by atoms with Gasteiger partial charge in [-0.2, -0.15) is 0 Å². The lowest BCUT2D eigenvalue weighted by molar-refractivity contribution is -0.170. The zero-order chi connectivity index (χ0) is 10.6. The number of rotatable bonds is 3. The van der Waals surface area contributed by atoms with E-state index >= 15 is 0 Å². The maximum absolute atomic E-state index is 11.5. The Hall–Kier alpha value is -0.610. The molecule has 0 atom stereocenters. The first-order valence-corrected chi connectivity index (χ1v) is 5.12. The summed E-state index contributed by atoms with van der Waals surface area (Å²) >= 11 is 0. The number of hydrogen-bond acceptors (Lipinski definition) is 3. The van der Waals surface area contributed by atoms with Crippen molar-refractivity contribution >= 4 is 5.91 Å². The van der Waals surface area contributed by atoms with Gasteiger partial charge in [0.2, 0.25) is 5.91 Å². The van der Waals surface area contributed by atoms with Gasteiger partial charge in [-0.25, -0.2) is 5.06 Å². The van der Waals surface area contributed by atoms with Crippen LogP contribution in [-0.2, 0) is 9.63 Å². The van der Waals surface area contributed by atoms with Crippen LogP contribution in [0.5, 0.6) is 0 Å². The molecule has 1 aliphatic carbocycles. The summed E-state index contributed by atoms with van der Waals surface area (Å²) in [5, 5.41) is 10.6. The van der Waals surface area contributed by atoms with Gasteiger partial charge in [0, 0.05) is 13.5 Å². The lowest BCUT2D eigenvalue weighted by atomic mass is 9.85. The molecule has 1 saturated carbocycles. The van der Waals surface area contributed by atoms with Crippen molar-refractivity contribution in [2.45, 2.75) is 38.2 Å². The van der Waals surface area contributed by atoms with Crippen molar-refractivity contribution in [2.24, 2.45) is 5.92 Å². The summed E-state index contributed by atoms with van der Waals surface area (Å²) < 4.78 is 0. The molecular formula is C10H19NO3. The molecule has 1 fully saturated rings. The fourth-order valence-corrected chi connectivity index (χ4v) is 1.83. The average Bonchev–Trinajstić information content (AvgIpc) is 2.20. The molecule has 4 heteroatoms. The van der Waals surface area contributed by atoms with E-state index in [9.17, 15) is 9.90 Å². The van der Waals surface area contributed by atoms with E-state index in [0.29, 0.717) is 12.3 Å². The molecule has 82 valence electrons. The van der Waals surface area contributed by atoms with Crippen molar-refractivity contribution in [1.29, 1.82) is 0 Å². The number of amides is 1. The van der Waals surface area contributed by atoms with E-state index in [4.69, 9.17) is 4.84 Å². The summed E-state index contributed by atoms with van der Waals surface area (Å²) in [7, 11) is 3.11. The van der Waals surface area contributed by atoms with E-state index in [0.717, 1.165) is 25.7 Å². The van der Waals surface area contributed by atoms with Gasteiger partial charge in [0.1, 0.15) is 0 Å². The molecular weight excluding hydrogens is 182 g/mol. The van der Waals surface area contributed by atoms with Crippen molar-refractivity contribution in [3.05, 3.63) is 0 Å². The van der Waals surface area contributed by atoms with Gasteiger partial charge in [0.15, 0.2) is 0 Å². The highest BCUT2D eigenvalue weighted by atomic mass is 16.7. The third-order valence-corrected chi connectivity index (χ3v) is 2.90. The van der Waals surface area contributed by atoms with E-state index in [1.807, 2.05) is 0 Å². The quantitative estimate of drug-likeness (QED) is 0.691. The predicted molar refractivity (Wildman–Crippen MR) is 52.4 cm³/mol. The van der Waals surface area contributed by atoms with Crippen LogP contribution in [0.4, 0.5) is 0 Å². The van der Waals surface area contributed by atoms with Crippen LogP contribution in [0.25, 0.3) is 0 Å². The number of carbonyl (C=O) groups excluding carboxylic acids is 1. The normalized spacial score (nSPS) is 27.4. The number of nitrogens with zero attached hydrogens (tertiary/aromatic N) is 1. The van der Waals surface area contributed by atoms with Crippen molar-refractivity contribution in [2.75, 3.05) is 14.2 Å². The zero-order valence-corrected chi connectivity index (χ0v) is 8.90. The van der Waals surface area contributed by atoms with Crippen LogP contribution in [0.15, 0.2) is 0 Å². The molecule has 0 saturated heterocycles. The maximum Gasteiger partial charge on any atom is 0.246 e. The van der Waals surface area contributed by atoms with Crippen LogP contribution in [0, 0.1) is 5.92 Å². The minimum atomic E-state index is -0.151. The fourth-order valence-electron chi connectivity index (χ4n) is 1.83. The molecule has 0 bridgehead atoms. The van der Waals surface area contributed by atoms with Gasteiger partial charge >= 0.3 is 0 Å². The summed E-state index contributed by atoms with van der Waals surface area (Å²) in [5.41, 5.74) is 0. The average molecular weight is 201 g/mol. The molecule has 0 aromatic rings. The maximum atomic E-state index is 11.5. The van der Waals surface area contributed by atoms with E-state index < -0.39 is 0 Å². The number of aliphatic hydroxyl groups is 1. The van der Waals surface area contributed by atoms with Crippen LogP contribution < -0.4 is 0 Å². The van der Waals surface area contributed by atoms with Gasteiger partial charge in [-0.15, -0.1) is 0 Å². The van der Waals surface area contributed by atoms with Crippen LogP contribution >= 0.6 is 0 Å². The highest BCUT2D eigenvalue weighted by Gasteiger charge is 2.22. The van der Waals surface area contributed by atoms with Gasteiger partial charge in [-0.3, -0.25) is 9.63 Å². The molecule has 0 aliphatic heterocycles. The Kier molecular flexibility index (Phi) is 4.35. The first kappa shape index (κ1) is 11.5. The second kappa shape index (κ2) is 5.32. The van der Waals surface area contributed by atoms with Crippen LogP contribution in [-0.4, -0.2) is 36.3 Å². The molecule has 1 rings (SSSR count). The van der Waals surface area contributed by atoms with Gasteiger partial charge in [-0.1, -0.05) is 0 Å². The van der Waals surface area contributed by atoms with Gasteiger partial charge < -0.3 is 5.11 Å². The first-order chi connectivity index (χ1) is 6.63. The summed E-state index contributed by atoms with van der Waals surface area (Å²) in [6, 6.07) is 0. The first-order valence-electron chi connectivity index (χ1n) is 5.12. The number of aliphatic hydroxyl groups excluding tert-OH is 1. The second-order valence-electron chi connectivity index (χ2n) is 3.95. The van der Waals surface area contributed by atoms with E-state index in [1.165, 1.54) is 12.2 Å². The Balaban J connectivity index is 2.27. The summed E-state index contributed by atoms with van der Waals surface area (Å²) in [5.74, 6) is 0.442. The molecule has 0 aromatic heterocycles. The number of hydroxylamine groups is 2. The van der Waals surface area contributed by atoms with Gasteiger partial charge in [0.25, 0.3) is 0 Å². The Morgan fingerprint density at radius 3 is 2.50 bits per heavy atom. The SMILES string of the molecule is CON(C)C(=O)CC1CCC(O)CC1. The molecule has 0 aromatic carbocycles. The van der Waals surface area contributed by atoms with E-state index in [1.54, 1.807) is 7.05 Å². The van der Waals surface area contributed by atoms with Crippen molar-refractivity contribution in [3.63, 3.8) is 0 Å². The second-order valence-corrected chi connectivity index (χ2v) is 3.95. The number of hydrogen-bond donors (Lipinski definition) is 1. The Morgan fingerprint density at radius 2 is 2.00 bits per heavy atom. The summed E-state index contributed by atoms with van der Waals surface area (Å²) in [6.07, 6.45) is 3.94. The minimum absolute atomic E-state index is 0.0221. The molecule has 1 N–H and O–H groups in total. The standard InChI is InChI=1S/C10H19NO3/c1-11(14-2)10(13)7-8-3-5-9(12)6-4-8/h8-9,12H,3-7H2,1-2H3. The Labute approximate surface area is 84.8 Å². The zero-order valence-electron chi connectivity index (χ0n) is 8.90. The summed E-state index contributed by atoms with van der Waals surface area (Å²) in [4.78, 5) is 16.3. The van der Waals surface area contributed by atoms with Crippen molar-refractivity contribution < 1.29 is 14.7 Å².